The van der Waals surface area contributed by atoms with E-state index < -0.39 is 6.04 Å². The Balaban J connectivity index is 2.24. The van der Waals surface area contributed by atoms with Crippen LogP contribution in [0.25, 0.3) is 0 Å². The second-order valence-corrected chi connectivity index (χ2v) is 4.56. The van der Waals surface area contributed by atoms with Crippen LogP contribution in [-0.2, 0) is 11.2 Å². The predicted octanol–water partition coefficient (Wildman–Crippen LogP) is 0.720. The summed E-state index contributed by atoms with van der Waals surface area (Å²) in [5.74, 6) is -0.0874. The Morgan fingerprint density at radius 2 is 2.00 bits per heavy atom. The lowest BCUT2D eigenvalue weighted by molar-refractivity contribution is -0.122. The number of hydrogen-bond acceptors (Lipinski definition) is 3. The zero-order valence-corrected chi connectivity index (χ0v) is 11.0. The fourth-order valence-corrected chi connectivity index (χ4v) is 1.68. The van der Waals surface area contributed by atoms with Gasteiger partial charge < -0.3 is 16.8 Å². The number of benzene rings is 1. The van der Waals surface area contributed by atoms with Gasteiger partial charge in [0.1, 0.15) is 0 Å². The first kappa shape index (κ1) is 14.7. The number of amides is 1. The largest absolute Gasteiger partial charge is 0.354 e. The minimum Gasteiger partial charge on any atom is -0.354 e. The van der Waals surface area contributed by atoms with Gasteiger partial charge in [-0.05, 0) is 38.3 Å². The normalized spacial score (nSPS) is 12.2. The molecule has 100 valence electrons. The highest BCUT2D eigenvalue weighted by molar-refractivity contribution is 5.81. The van der Waals surface area contributed by atoms with Gasteiger partial charge in [-0.2, -0.15) is 0 Å². The summed E-state index contributed by atoms with van der Waals surface area (Å²) in [7, 11) is 0. The molecular weight excluding hydrogens is 226 g/mol. The van der Waals surface area contributed by atoms with Crippen LogP contribution in [0.4, 0.5) is 0 Å². The molecule has 0 aromatic heterocycles. The Hall–Kier alpha value is -1.39. The van der Waals surface area contributed by atoms with E-state index >= 15 is 0 Å². The van der Waals surface area contributed by atoms with E-state index in [0.717, 1.165) is 12.8 Å². The Bertz CT molecular complexity index is 362. The molecule has 1 atom stereocenters. The van der Waals surface area contributed by atoms with Crippen LogP contribution in [0, 0.1) is 6.92 Å². The standard InChI is InChI=1S/C14H23N3O/c1-11-4-6-12(7-5-11)8-10-17-14(18)13(16)3-2-9-15/h4-7,13H,2-3,8-10,15-16H2,1H3,(H,17,18)/t13-/m1/s1. The second-order valence-electron chi connectivity index (χ2n) is 4.56. The van der Waals surface area contributed by atoms with Crippen molar-refractivity contribution in [2.75, 3.05) is 13.1 Å². The molecule has 0 heterocycles. The van der Waals surface area contributed by atoms with Gasteiger partial charge in [0.2, 0.25) is 5.91 Å². The zero-order chi connectivity index (χ0) is 13.4. The van der Waals surface area contributed by atoms with Gasteiger partial charge in [-0.3, -0.25) is 4.79 Å². The lowest BCUT2D eigenvalue weighted by atomic mass is 10.1. The maximum atomic E-state index is 11.6. The molecule has 18 heavy (non-hydrogen) atoms. The second kappa shape index (κ2) is 7.84. The maximum absolute atomic E-state index is 11.6. The minimum atomic E-state index is -0.438. The Morgan fingerprint density at radius 1 is 1.33 bits per heavy atom. The Morgan fingerprint density at radius 3 is 2.61 bits per heavy atom. The molecule has 1 rings (SSSR count). The van der Waals surface area contributed by atoms with Crippen LogP contribution in [0.15, 0.2) is 24.3 Å². The number of nitrogens with two attached hydrogens (primary N) is 2. The third-order valence-electron chi connectivity index (χ3n) is 2.89. The van der Waals surface area contributed by atoms with Crippen LogP contribution in [0.5, 0.6) is 0 Å². The molecule has 5 N–H and O–H groups in total. The van der Waals surface area contributed by atoms with Gasteiger partial charge in [0.15, 0.2) is 0 Å². The predicted molar refractivity (Wildman–Crippen MR) is 74.2 cm³/mol. The van der Waals surface area contributed by atoms with E-state index in [2.05, 4.69) is 36.5 Å². The van der Waals surface area contributed by atoms with Gasteiger partial charge in [0, 0.05) is 6.54 Å². The fraction of sp³-hybridized carbons (Fsp3) is 0.500. The van der Waals surface area contributed by atoms with E-state index in [-0.39, 0.29) is 5.91 Å². The first-order chi connectivity index (χ1) is 8.63. The monoisotopic (exact) mass is 249 g/mol. The zero-order valence-electron chi connectivity index (χ0n) is 11.0. The molecule has 0 aliphatic rings. The van der Waals surface area contributed by atoms with Crippen LogP contribution < -0.4 is 16.8 Å². The number of carbonyl (C=O) groups excluding carboxylic acids is 1. The van der Waals surface area contributed by atoms with E-state index in [1.807, 2.05) is 0 Å². The average molecular weight is 249 g/mol. The molecule has 4 nitrogen and oxygen atoms in total. The number of nitrogens with one attached hydrogen (secondary N) is 1. The summed E-state index contributed by atoms with van der Waals surface area (Å²) in [6, 6.07) is 7.87. The summed E-state index contributed by atoms with van der Waals surface area (Å²) >= 11 is 0. The van der Waals surface area contributed by atoms with Crippen molar-refractivity contribution in [2.24, 2.45) is 11.5 Å². The molecule has 0 saturated carbocycles. The Labute approximate surface area is 109 Å². The van der Waals surface area contributed by atoms with Gasteiger partial charge in [-0.25, -0.2) is 0 Å². The first-order valence-corrected chi connectivity index (χ1v) is 6.42. The molecule has 0 bridgehead atoms. The van der Waals surface area contributed by atoms with Crippen molar-refractivity contribution in [1.82, 2.24) is 5.32 Å². The lowest BCUT2D eigenvalue weighted by Crippen LogP contribution is -2.41. The summed E-state index contributed by atoms with van der Waals surface area (Å²) < 4.78 is 0. The summed E-state index contributed by atoms with van der Waals surface area (Å²) in [5, 5.41) is 2.85. The van der Waals surface area contributed by atoms with Gasteiger partial charge in [0.25, 0.3) is 0 Å². The van der Waals surface area contributed by atoms with Gasteiger partial charge in [-0.15, -0.1) is 0 Å². The van der Waals surface area contributed by atoms with Crippen LogP contribution in [0.1, 0.15) is 24.0 Å². The average Bonchev–Trinajstić information content (AvgIpc) is 2.38. The highest BCUT2D eigenvalue weighted by atomic mass is 16.2. The van der Waals surface area contributed by atoms with Crippen LogP contribution >= 0.6 is 0 Å². The van der Waals surface area contributed by atoms with Crippen LogP contribution in [0.3, 0.4) is 0 Å². The van der Waals surface area contributed by atoms with Crippen molar-refractivity contribution in [2.45, 2.75) is 32.2 Å². The van der Waals surface area contributed by atoms with Crippen LogP contribution in [0.2, 0.25) is 0 Å². The minimum absolute atomic E-state index is 0.0874. The lowest BCUT2D eigenvalue weighted by Gasteiger charge is -2.11. The molecular formula is C14H23N3O. The van der Waals surface area contributed by atoms with Gasteiger partial charge >= 0.3 is 0 Å². The van der Waals surface area contributed by atoms with E-state index in [4.69, 9.17) is 11.5 Å². The molecule has 0 radical (unpaired) electrons. The van der Waals surface area contributed by atoms with Gasteiger partial charge in [-0.1, -0.05) is 29.8 Å². The molecule has 0 aliphatic heterocycles. The maximum Gasteiger partial charge on any atom is 0.236 e. The van der Waals surface area contributed by atoms with Crippen molar-refractivity contribution in [1.29, 1.82) is 0 Å². The molecule has 4 heteroatoms. The van der Waals surface area contributed by atoms with Crippen molar-refractivity contribution < 1.29 is 4.79 Å². The summed E-state index contributed by atoms with van der Waals surface area (Å²) in [4.78, 5) is 11.6. The fourth-order valence-electron chi connectivity index (χ4n) is 1.68. The highest BCUT2D eigenvalue weighted by Crippen LogP contribution is 2.03. The SMILES string of the molecule is Cc1ccc(CCNC(=O)[C@H](N)CCCN)cc1. The van der Waals surface area contributed by atoms with E-state index in [1.54, 1.807) is 0 Å². The highest BCUT2D eigenvalue weighted by Gasteiger charge is 2.11. The van der Waals surface area contributed by atoms with Crippen molar-refractivity contribution in [3.8, 4) is 0 Å². The summed E-state index contributed by atoms with van der Waals surface area (Å²) in [6.45, 7) is 3.25. The van der Waals surface area contributed by atoms with Crippen molar-refractivity contribution in [3.63, 3.8) is 0 Å². The third-order valence-corrected chi connectivity index (χ3v) is 2.89. The number of aryl methyl sites for hydroxylation is 1. The smallest absolute Gasteiger partial charge is 0.236 e. The molecule has 0 aliphatic carbocycles. The van der Waals surface area contributed by atoms with Crippen molar-refractivity contribution >= 4 is 5.91 Å². The first-order valence-electron chi connectivity index (χ1n) is 6.42. The summed E-state index contributed by atoms with van der Waals surface area (Å²) in [5.41, 5.74) is 13.6. The van der Waals surface area contributed by atoms with E-state index in [1.165, 1.54) is 11.1 Å². The topological polar surface area (TPSA) is 81.1 Å². The van der Waals surface area contributed by atoms with Crippen molar-refractivity contribution in [3.05, 3.63) is 35.4 Å². The number of carbonyl (C=O) groups is 1. The molecule has 1 aromatic carbocycles. The molecule has 0 unspecified atom stereocenters. The van der Waals surface area contributed by atoms with E-state index in [0.29, 0.717) is 19.5 Å². The van der Waals surface area contributed by atoms with Crippen LogP contribution in [-0.4, -0.2) is 25.0 Å². The quantitative estimate of drug-likeness (QED) is 0.666. The number of rotatable bonds is 7. The number of hydrogen-bond donors (Lipinski definition) is 3. The van der Waals surface area contributed by atoms with Gasteiger partial charge in [0.05, 0.1) is 6.04 Å². The third kappa shape index (κ3) is 5.29. The summed E-state index contributed by atoms with van der Waals surface area (Å²) in [6.07, 6.45) is 2.26. The Kier molecular flexibility index (Phi) is 6.39. The molecule has 0 spiro atoms. The molecule has 0 fully saturated rings. The molecule has 0 saturated heterocycles. The molecule has 1 aromatic rings. The van der Waals surface area contributed by atoms with E-state index in [9.17, 15) is 4.79 Å². The molecule has 1 amide bonds.